The van der Waals surface area contributed by atoms with E-state index < -0.39 is 11.7 Å². The van der Waals surface area contributed by atoms with Gasteiger partial charge in [0.1, 0.15) is 0 Å². The van der Waals surface area contributed by atoms with E-state index in [9.17, 15) is 9.18 Å². The van der Waals surface area contributed by atoms with E-state index in [4.69, 9.17) is 4.74 Å². The highest BCUT2D eigenvalue weighted by molar-refractivity contribution is 6.06. The molecule has 4 rings (SSSR count). The summed E-state index contributed by atoms with van der Waals surface area (Å²) in [6.07, 6.45) is 0. The first-order chi connectivity index (χ1) is 14.2. The summed E-state index contributed by atoms with van der Waals surface area (Å²) < 4.78 is 18.8. The van der Waals surface area contributed by atoms with E-state index in [2.05, 4.69) is 20.5 Å². The van der Waals surface area contributed by atoms with E-state index in [1.165, 1.54) is 19.2 Å². The zero-order valence-corrected chi connectivity index (χ0v) is 15.5. The SMILES string of the molecule is COc1ccc(C(=O)Nc2ccccc2-c2nc(-c3ccccc3)n[nH]2)cc1F. The average Bonchev–Trinajstić information content (AvgIpc) is 3.25. The van der Waals surface area contributed by atoms with Gasteiger partial charge in [0, 0.05) is 16.7 Å². The highest BCUT2D eigenvalue weighted by Crippen LogP contribution is 2.27. The molecule has 0 saturated heterocycles. The van der Waals surface area contributed by atoms with E-state index in [-0.39, 0.29) is 11.3 Å². The number of aromatic amines is 1. The quantitative estimate of drug-likeness (QED) is 0.526. The van der Waals surface area contributed by atoms with Crippen molar-refractivity contribution < 1.29 is 13.9 Å². The average molecular weight is 388 g/mol. The Kier molecular flexibility index (Phi) is 5.03. The molecule has 29 heavy (non-hydrogen) atoms. The van der Waals surface area contributed by atoms with E-state index in [0.717, 1.165) is 11.6 Å². The predicted octanol–water partition coefficient (Wildman–Crippen LogP) is 4.54. The largest absolute Gasteiger partial charge is 0.494 e. The summed E-state index contributed by atoms with van der Waals surface area (Å²) in [5, 5.41) is 9.97. The first-order valence-corrected chi connectivity index (χ1v) is 8.88. The summed E-state index contributed by atoms with van der Waals surface area (Å²) >= 11 is 0. The van der Waals surface area contributed by atoms with Gasteiger partial charge in [-0.05, 0) is 30.3 Å². The zero-order valence-electron chi connectivity index (χ0n) is 15.5. The molecule has 0 atom stereocenters. The summed E-state index contributed by atoms with van der Waals surface area (Å²) in [5.41, 5.74) is 2.26. The lowest BCUT2D eigenvalue weighted by Crippen LogP contribution is -2.13. The fraction of sp³-hybridized carbons (Fsp3) is 0.0455. The number of aromatic nitrogens is 3. The number of anilines is 1. The maximum atomic E-state index is 13.9. The normalized spacial score (nSPS) is 10.6. The van der Waals surface area contributed by atoms with Gasteiger partial charge in [-0.2, -0.15) is 5.10 Å². The fourth-order valence-electron chi connectivity index (χ4n) is 2.90. The Hall–Kier alpha value is -4.00. The van der Waals surface area contributed by atoms with Crippen LogP contribution in [-0.2, 0) is 0 Å². The molecule has 1 aromatic heterocycles. The van der Waals surface area contributed by atoms with Gasteiger partial charge < -0.3 is 10.1 Å². The molecule has 0 saturated carbocycles. The Balaban J connectivity index is 1.62. The lowest BCUT2D eigenvalue weighted by molar-refractivity contribution is 0.102. The van der Waals surface area contributed by atoms with Gasteiger partial charge in [0.05, 0.1) is 12.8 Å². The van der Waals surface area contributed by atoms with Crippen molar-refractivity contribution in [3.63, 3.8) is 0 Å². The predicted molar refractivity (Wildman–Crippen MR) is 108 cm³/mol. The minimum atomic E-state index is -0.601. The van der Waals surface area contributed by atoms with Crippen molar-refractivity contribution in [1.29, 1.82) is 0 Å². The number of benzene rings is 3. The van der Waals surface area contributed by atoms with Crippen LogP contribution in [0.1, 0.15) is 10.4 Å². The van der Waals surface area contributed by atoms with Gasteiger partial charge in [-0.25, -0.2) is 9.37 Å². The number of rotatable bonds is 5. The zero-order chi connectivity index (χ0) is 20.2. The van der Waals surface area contributed by atoms with Crippen LogP contribution >= 0.6 is 0 Å². The first-order valence-electron chi connectivity index (χ1n) is 8.88. The van der Waals surface area contributed by atoms with Crippen molar-refractivity contribution in [3.8, 4) is 28.5 Å². The third-order valence-electron chi connectivity index (χ3n) is 4.36. The van der Waals surface area contributed by atoms with Gasteiger partial charge >= 0.3 is 0 Å². The molecule has 0 aliphatic carbocycles. The van der Waals surface area contributed by atoms with Gasteiger partial charge in [0.15, 0.2) is 23.2 Å². The van der Waals surface area contributed by atoms with Crippen LogP contribution in [0.4, 0.5) is 10.1 Å². The first kappa shape index (κ1) is 18.4. The number of hydrogen-bond acceptors (Lipinski definition) is 4. The van der Waals surface area contributed by atoms with Gasteiger partial charge in [0.2, 0.25) is 0 Å². The second-order valence-corrected chi connectivity index (χ2v) is 6.22. The Labute approximate surface area is 166 Å². The number of para-hydroxylation sites is 1. The number of ether oxygens (including phenoxy) is 1. The van der Waals surface area contributed by atoms with Crippen LogP contribution in [0.5, 0.6) is 5.75 Å². The monoisotopic (exact) mass is 388 g/mol. The second-order valence-electron chi connectivity index (χ2n) is 6.22. The van der Waals surface area contributed by atoms with Gasteiger partial charge in [-0.3, -0.25) is 9.89 Å². The molecular weight excluding hydrogens is 371 g/mol. The second kappa shape index (κ2) is 7.93. The van der Waals surface area contributed by atoms with Crippen molar-refractivity contribution in [2.24, 2.45) is 0 Å². The number of carbonyl (C=O) groups excluding carboxylic acids is 1. The van der Waals surface area contributed by atoms with E-state index >= 15 is 0 Å². The Morgan fingerprint density at radius 1 is 1.03 bits per heavy atom. The minimum Gasteiger partial charge on any atom is -0.494 e. The maximum absolute atomic E-state index is 13.9. The third kappa shape index (κ3) is 3.84. The number of methoxy groups -OCH3 is 1. The molecule has 0 bridgehead atoms. The van der Waals surface area contributed by atoms with Crippen LogP contribution in [0, 0.1) is 5.82 Å². The van der Waals surface area contributed by atoms with Crippen molar-refractivity contribution in [2.75, 3.05) is 12.4 Å². The van der Waals surface area contributed by atoms with E-state index in [0.29, 0.717) is 22.9 Å². The minimum absolute atomic E-state index is 0.0806. The summed E-state index contributed by atoms with van der Waals surface area (Å²) in [4.78, 5) is 17.1. The Morgan fingerprint density at radius 3 is 2.55 bits per heavy atom. The van der Waals surface area contributed by atoms with Crippen LogP contribution in [-0.4, -0.2) is 28.2 Å². The molecule has 0 aliphatic heterocycles. The standard InChI is InChI=1S/C22H17FN4O2/c1-29-19-12-11-15(13-17(19)23)22(28)24-18-10-6-5-9-16(18)21-25-20(26-27-21)14-7-3-2-4-8-14/h2-13H,1H3,(H,24,28)(H,25,26,27). The molecular formula is C22H17FN4O2. The highest BCUT2D eigenvalue weighted by atomic mass is 19.1. The van der Waals surface area contributed by atoms with Crippen LogP contribution in [0.2, 0.25) is 0 Å². The molecule has 0 fully saturated rings. The number of nitrogens with one attached hydrogen (secondary N) is 2. The van der Waals surface area contributed by atoms with Crippen molar-refractivity contribution in [2.45, 2.75) is 0 Å². The summed E-state index contributed by atoms with van der Waals surface area (Å²) in [7, 11) is 1.37. The van der Waals surface area contributed by atoms with Crippen LogP contribution < -0.4 is 10.1 Å². The molecule has 1 amide bonds. The number of H-pyrrole nitrogens is 1. The third-order valence-corrected chi connectivity index (χ3v) is 4.36. The molecule has 1 heterocycles. The van der Waals surface area contributed by atoms with Crippen LogP contribution in [0.3, 0.4) is 0 Å². The van der Waals surface area contributed by atoms with Gasteiger partial charge in [-0.1, -0.05) is 42.5 Å². The number of hydrogen-bond donors (Lipinski definition) is 2. The highest BCUT2D eigenvalue weighted by Gasteiger charge is 2.15. The fourth-order valence-corrected chi connectivity index (χ4v) is 2.90. The van der Waals surface area contributed by atoms with Crippen LogP contribution in [0.25, 0.3) is 22.8 Å². The molecule has 0 radical (unpaired) electrons. The molecule has 0 aliphatic rings. The van der Waals surface area contributed by atoms with E-state index in [1.807, 2.05) is 42.5 Å². The number of carbonyl (C=O) groups is 1. The van der Waals surface area contributed by atoms with Crippen LogP contribution in [0.15, 0.2) is 72.8 Å². The molecule has 4 aromatic rings. The molecule has 6 nitrogen and oxygen atoms in total. The number of halogens is 1. The molecule has 7 heteroatoms. The maximum Gasteiger partial charge on any atom is 0.255 e. The Morgan fingerprint density at radius 2 is 1.79 bits per heavy atom. The van der Waals surface area contributed by atoms with Crippen molar-refractivity contribution >= 4 is 11.6 Å². The molecule has 0 unspecified atom stereocenters. The summed E-state index contributed by atoms with van der Waals surface area (Å²) in [6.45, 7) is 0. The van der Waals surface area contributed by atoms with E-state index in [1.54, 1.807) is 12.1 Å². The Bertz CT molecular complexity index is 1160. The van der Waals surface area contributed by atoms with Gasteiger partial charge in [0.25, 0.3) is 5.91 Å². The lowest BCUT2D eigenvalue weighted by atomic mass is 10.1. The topological polar surface area (TPSA) is 79.9 Å². The number of amides is 1. The molecule has 3 aromatic carbocycles. The van der Waals surface area contributed by atoms with Crippen molar-refractivity contribution in [1.82, 2.24) is 15.2 Å². The smallest absolute Gasteiger partial charge is 0.255 e. The lowest BCUT2D eigenvalue weighted by Gasteiger charge is -2.10. The molecule has 2 N–H and O–H groups in total. The van der Waals surface area contributed by atoms with Gasteiger partial charge in [-0.15, -0.1) is 0 Å². The summed E-state index contributed by atoms with van der Waals surface area (Å²) in [6, 6.07) is 20.8. The molecule has 0 spiro atoms. The number of nitrogens with zero attached hydrogens (tertiary/aromatic N) is 2. The van der Waals surface area contributed by atoms with Crippen molar-refractivity contribution in [3.05, 3.63) is 84.2 Å². The molecule has 144 valence electrons. The summed E-state index contributed by atoms with van der Waals surface area (Å²) in [5.74, 6) is 0.106.